The van der Waals surface area contributed by atoms with Gasteiger partial charge in [0.1, 0.15) is 5.75 Å². The molecule has 0 aliphatic heterocycles. The van der Waals surface area contributed by atoms with Crippen molar-refractivity contribution >= 4 is 0 Å². The smallest absolute Gasteiger partial charge is 0.251 e. The predicted molar refractivity (Wildman–Crippen MR) is 60.0 cm³/mol. The maximum atomic E-state index is 9.62. The highest BCUT2D eigenvalue weighted by atomic mass is 16.4. The molecule has 0 radical (unpaired) electrons. The third-order valence-electron chi connectivity index (χ3n) is 2.35. The number of hydrogen-bond acceptors (Lipinski definition) is 4. The van der Waals surface area contributed by atoms with Crippen LogP contribution in [0, 0.1) is 0 Å². The fourth-order valence-electron chi connectivity index (χ4n) is 1.45. The van der Waals surface area contributed by atoms with Gasteiger partial charge in [-0.25, -0.2) is 0 Å². The number of aromatic nitrogens is 2. The van der Waals surface area contributed by atoms with Gasteiger partial charge in [0.2, 0.25) is 5.89 Å². The molecule has 1 aromatic carbocycles. The Morgan fingerprint density at radius 1 is 1.25 bits per heavy atom. The molecule has 0 atom stereocenters. The van der Waals surface area contributed by atoms with Crippen LogP contribution in [0.3, 0.4) is 0 Å². The summed E-state index contributed by atoms with van der Waals surface area (Å²) < 4.78 is 5.47. The minimum Gasteiger partial charge on any atom is -0.507 e. The van der Waals surface area contributed by atoms with Crippen molar-refractivity contribution in [3.8, 4) is 17.2 Å². The molecule has 4 heteroatoms. The Morgan fingerprint density at radius 3 is 2.81 bits per heavy atom. The van der Waals surface area contributed by atoms with Crippen LogP contribution in [-0.2, 0) is 6.42 Å². The molecule has 4 nitrogen and oxygen atoms in total. The average molecular weight is 218 g/mol. The Labute approximate surface area is 93.9 Å². The number of para-hydroxylation sites is 1. The van der Waals surface area contributed by atoms with Crippen LogP contribution in [0.4, 0.5) is 0 Å². The lowest BCUT2D eigenvalue weighted by Crippen LogP contribution is -1.83. The molecule has 0 amide bonds. The molecule has 1 aromatic heterocycles. The van der Waals surface area contributed by atoms with Crippen molar-refractivity contribution in [1.82, 2.24) is 10.2 Å². The molecule has 0 aliphatic rings. The fraction of sp³-hybridized carbons (Fsp3) is 0.333. The minimum atomic E-state index is 0.160. The molecule has 0 unspecified atom stereocenters. The molecule has 2 aromatic rings. The van der Waals surface area contributed by atoms with Gasteiger partial charge in [-0.3, -0.25) is 0 Å². The normalized spacial score (nSPS) is 10.6. The van der Waals surface area contributed by atoms with E-state index >= 15 is 0 Å². The monoisotopic (exact) mass is 218 g/mol. The van der Waals surface area contributed by atoms with Gasteiger partial charge in [0.15, 0.2) is 0 Å². The molecular weight excluding hydrogens is 204 g/mol. The molecule has 0 spiro atoms. The predicted octanol–water partition coefficient (Wildman–Crippen LogP) is 2.78. The summed E-state index contributed by atoms with van der Waals surface area (Å²) in [7, 11) is 0. The Balaban J connectivity index is 2.22. The zero-order chi connectivity index (χ0) is 11.4. The molecule has 0 saturated heterocycles. The lowest BCUT2D eigenvalue weighted by molar-refractivity contribution is 0.466. The molecule has 1 N–H and O–H groups in total. The third kappa shape index (κ3) is 2.21. The molecule has 0 saturated carbocycles. The summed E-state index contributed by atoms with van der Waals surface area (Å²) in [5.74, 6) is 1.16. The van der Waals surface area contributed by atoms with E-state index < -0.39 is 0 Å². The molecule has 1 heterocycles. The number of aromatic hydroxyl groups is 1. The first kappa shape index (κ1) is 10.7. The van der Waals surface area contributed by atoms with Gasteiger partial charge in [0.25, 0.3) is 5.89 Å². The second kappa shape index (κ2) is 4.79. The second-order valence-electron chi connectivity index (χ2n) is 3.62. The maximum absolute atomic E-state index is 9.62. The number of benzene rings is 1. The first-order chi connectivity index (χ1) is 7.81. The van der Waals surface area contributed by atoms with E-state index in [4.69, 9.17) is 4.42 Å². The largest absolute Gasteiger partial charge is 0.507 e. The van der Waals surface area contributed by atoms with Crippen molar-refractivity contribution in [2.45, 2.75) is 26.2 Å². The van der Waals surface area contributed by atoms with E-state index in [1.165, 1.54) is 0 Å². The number of aryl methyl sites for hydroxylation is 1. The summed E-state index contributed by atoms with van der Waals surface area (Å²) in [6, 6.07) is 6.94. The zero-order valence-corrected chi connectivity index (χ0v) is 9.18. The Hall–Kier alpha value is -1.84. The number of hydrogen-bond donors (Lipinski definition) is 1. The SMILES string of the molecule is CCCCc1nnc(-c2ccccc2O)o1. The van der Waals surface area contributed by atoms with Crippen LogP contribution < -0.4 is 0 Å². The van der Waals surface area contributed by atoms with Gasteiger partial charge in [0.05, 0.1) is 5.56 Å². The van der Waals surface area contributed by atoms with E-state index in [-0.39, 0.29) is 5.75 Å². The van der Waals surface area contributed by atoms with Gasteiger partial charge in [-0.05, 0) is 18.6 Å². The average Bonchev–Trinajstić information content (AvgIpc) is 2.75. The Morgan fingerprint density at radius 2 is 2.06 bits per heavy atom. The first-order valence-corrected chi connectivity index (χ1v) is 5.42. The standard InChI is InChI=1S/C12H14N2O2/c1-2-3-8-11-13-14-12(16-11)9-6-4-5-7-10(9)15/h4-7,15H,2-3,8H2,1H3. The van der Waals surface area contributed by atoms with Crippen LogP contribution in [0.2, 0.25) is 0 Å². The van der Waals surface area contributed by atoms with Crippen LogP contribution in [0.1, 0.15) is 25.7 Å². The number of unbranched alkanes of at least 4 members (excludes halogenated alkanes) is 1. The maximum Gasteiger partial charge on any atom is 0.251 e. The van der Waals surface area contributed by atoms with Crippen molar-refractivity contribution in [3.63, 3.8) is 0 Å². The van der Waals surface area contributed by atoms with Crippen molar-refractivity contribution < 1.29 is 9.52 Å². The summed E-state index contributed by atoms with van der Waals surface area (Å²) in [6.07, 6.45) is 2.91. The highest BCUT2D eigenvalue weighted by Crippen LogP contribution is 2.27. The number of phenolic OH excluding ortho intramolecular Hbond substituents is 1. The molecule has 16 heavy (non-hydrogen) atoms. The van der Waals surface area contributed by atoms with Crippen LogP contribution in [-0.4, -0.2) is 15.3 Å². The van der Waals surface area contributed by atoms with E-state index in [0.29, 0.717) is 17.3 Å². The van der Waals surface area contributed by atoms with Crippen LogP contribution >= 0.6 is 0 Å². The van der Waals surface area contributed by atoms with Gasteiger partial charge in [-0.1, -0.05) is 25.5 Å². The summed E-state index contributed by atoms with van der Waals surface area (Å²) in [4.78, 5) is 0. The van der Waals surface area contributed by atoms with Gasteiger partial charge < -0.3 is 9.52 Å². The van der Waals surface area contributed by atoms with E-state index in [1.54, 1.807) is 18.2 Å². The lowest BCUT2D eigenvalue weighted by atomic mass is 10.2. The highest BCUT2D eigenvalue weighted by Gasteiger charge is 2.11. The molecule has 0 bridgehead atoms. The van der Waals surface area contributed by atoms with Crippen LogP contribution in [0.15, 0.2) is 28.7 Å². The van der Waals surface area contributed by atoms with Gasteiger partial charge in [0, 0.05) is 6.42 Å². The summed E-state index contributed by atoms with van der Waals surface area (Å²) in [5.41, 5.74) is 0.581. The van der Waals surface area contributed by atoms with E-state index in [9.17, 15) is 5.11 Å². The molecule has 84 valence electrons. The van der Waals surface area contributed by atoms with Crippen molar-refractivity contribution in [1.29, 1.82) is 0 Å². The number of phenols is 1. The molecular formula is C12H14N2O2. The fourth-order valence-corrected chi connectivity index (χ4v) is 1.45. The number of nitrogens with zero attached hydrogens (tertiary/aromatic N) is 2. The van der Waals surface area contributed by atoms with Gasteiger partial charge in [-0.15, -0.1) is 10.2 Å². The van der Waals surface area contributed by atoms with E-state index in [2.05, 4.69) is 17.1 Å². The number of rotatable bonds is 4. The molecule has 0 fully saturated rings. The summed E-state index contributed by atoms with van der Waals surface area (Å²) >= 11 is 0. The van der Waals surface area contributed by atoms with Gasteiger partial charge in [-0.2, -0.15) is 0 Å². The zero-order valence-electron chi connectivity index (χ0n) is 9.18. The minimum absolute atomic E-state index is 0.160. The van der Waals surface area contributed by atoms with Crippen LogP contribution in [0.5, 0.6) is 5.75 Å². The quantitative estimate of drug-likeness (QED) is 0.857. The topological polar surface area (TPSA) is 59.2 Å². The van der Waals surface area contributed by atoms with Crippen molar-refractivity contribution in [3.05, 3.63) is 30.2 Å². The third-order valence-corrected chi connectivity index (χ3v) is 2.35. The summed E-state index contributed by atoms with van der Waals surface area (Å²) in [6.45, 7) is 2.11. The highest BCUT2D eigenvalue weighted by molar-refractivity contribution is 5.61. The first-order valence-electron chi connectivity index (χ1n) is 5.42. The van der Waals surface area contributed by atoms with E-state index in [1.807, 2.05) is 6.07 Å². The Bertz CT molecular complexity index is 466. The lowest BCUT2D eigenvalue weighted by Gasteiger charge is -1.97. The summed E-state index contributed by atoms with van der Waals surface area (Å²) in [5, 5.41) is 17.5. The van der Waals surface area contributed by atoms with Crippen LogP contribution in [0.25, 0.3) is 11.5 Å². The Kier molecular flexibility index (Phi) is 3.19. The molecule has 2 rings (SSSR count). The van der Waals surface area contributed by atoms with Gasteiger partial charge >= 0.3 is 0 Å². The second-order valence-corrected chi connectivity index (χ2v) is 3.62. The van der Waals surface area contributed by atoms with Crippen molar-refractivity contribution in [2.75, 3.05) is 0 Å². The van der Waals surface area contributed by atoms with E-state index in [0.717, 1.165) is 19.3 Å². The molecule has 0 aliphatic carbocycles. The van der Waals surface area contributed by atoms with Crippen molar-refractivity contribution in [2.24, 2.45) is 0 Å².